The lowest BCUT2D eigenvalue weighted by molar-refractivity contribution is -0.147. The van der Waals surface area contributed by atoms with E-state index in [4.69, 9.17) is 4.74 Å². The molecule has 142 valence electrons. The third-order valence-electron chi connectivity index (χ3n) is 4.64. The number of amides is 1. The number of hydrogen-bond acceptors (Lipinski definition) is 7. The molecule has 5 atom stereocenters. The number of alkyl carbamates (subject to hydrolysis) is 1. The van der Waals surface area contributed by atoms with Gasteiger partial charge in [-0.25, -0.2) is 14.6 Å². The van der Waals surface area contributed by atoms with E-state index in [-0.39, 0.29) is 17.6 Å². The van der Waals surface area contributed by atoms with Crippen LogP contribution in [0.4, 0.5) is 4.79 Å². The summed E-state index contributed by atoms with van der Waals surface area (Å²) in [6.45, 7) is 4.99. The fourth-order valence-corrected chi connectivity index (χ4v) is 5.08. The number of H-pyrrole nitrogens is 1. The molecule has 11 heteroatoms. The molecule has 2 aliphatic rings. The number of nitrogens with one attached hydrogen (secondary N) is 2. The van der Waals surface area contributed by atoms with E-state index < -0.39 is 41.0 Å². The number of aliphatic carboxylic acids is 2. The SMILES string of the molecule is CC(C)(C)OC(=O)NC1(C(=O)O)CC(Sc2nc[nH]n2)C2C(C(=O)O)[C@H]21. The van der Waals surface area contributed by atoms with Crippen LogP contribution in [0.2, 0.25) is 0 Å². The van der Waals surface area contributed by atoms with Crippen LogP contribution in [0, 0.1) is 17.8 Å². The molecule has 0 bridgehead atoms. The highest BCUT2D eigenvalue weighted by atomic mass is 32.2. The van der Waals surface area contributed by atoms with Crippen molar-refractivity contribution in [2.24, 2.45) is 17.8 Å². The zero-order valence-corrected chi connectivity index (χ0v) is 15.2. The van der Waals surface area contributed by atoms with Gasteiger partial charge in [0.1, 0.15) is 17.5 Å². The number of carbonyl (C=O) groups excluding carboxylic acids is 1. The molecule has 1 aromatic heterocycles. The molecule has 3 rings (SSSR count). The summed E-state index contributed by atoms with van der Waals surface area (Å²) in [4.78, 5) is 39.8. The number of nitrogens with zero attached hydrogens (tertiary/aromatic N) is 2. The molecule has 4 N–H and O–H groups in total. The van der Waals surface area contributed by atoms with Crippen LogP contribution in [0.3, 0.4) is 0 Å². The number of carboxylic acid groups (broad SMARTS) is 2. The Labute approximate surface area is 153 Å². The van der Waals surface area contributed by atoms with E-state index in [9.17, 15) is 24.6 Å². The lowest BCUT2D eigenvalue weighted by Crippen LogP contribution is -2.57. The van der Waals surface area contributed by atoms with Crippen molar-refractivity contribution in [3.63, 3.8) is 0 Å². The fourth-order valence-electron chi connectivity index (χ4n) is 3.75. The van der Waals surface area contributed by atoms with E-state index in [0.717, 1.165) is 0 Å². The molecule has 2 saturated carbocycles. The number of fused-ring (bicyclic) bond motifs is 1. The summed E-state index contributed by atoms with van der Waals surface area (Å²) >= 11 is 1.22. The number of hydrogen-bond donors (Lipinski definition) is 4. The molecule has 1 amide bonds. The summed E-state index contributed by atoms with van der Waals surface area (Å²) in [6, 6.07) is 0. The van der Waals surface area contributed by atoms with Gasteiger partial charge in [-0.1, -0.05) is 11.8 Å². The first-order chi connectivity index (χ1) is 12.0. The number of aromatic nitrogens is 3. The predicted molar refractivity (Wildman–Crippen MR) is 88.5 cm³/mol. The van der Waals surface area contributed by atoms with Crippen LogP contribution in [0.25, 0.3) is 0 Å². The first-order valence-electron chi connectivity index (χ1n) is 8.05. The number of rotatable bonds is 5. The molecular weight excluding hydrogens is 364 g/mol. The minimum atomic E-state index is -1.69. The molecule has 0 saturated heterocycles. The second-order valence-corrected chi connectivity index (χ2v) is 8.72. The van der Waals surface area contributed by atoms with E-state index >= 15 is 0 Å². The van der Waals surface area contributed by atoms with Gasteiger partial charge in [0.15, 0.2) is 0 Å². The van der Waals surface area contributed by atoms with Gasteiger partial charge in [0.25, 0.3) is 0 Å². The summed E-state index contributed by atoms with van der Waals surface area (Å²) in [5, 5.41) is 28.3. The first-order valence-corrected chi connectivity index (χ1v) is 8.93. The highest BCUT2D eigenvalue weighted by Crippen LogP contribution is 2.65. The lowest BCUT2D eigenvalue weighted by atomic mass is 9.90. The van der Waals surface area contributed by atoms with Crippen LogP contribution in [0.15, 0.2) is 11.5 Å². The van der Waals surface area contributed by atoms with Crippen LogP contribution < -0.4 is 5.32 Å². The summed E-state index contributed by atoms with van der Waals surface area (Å²) in [5.41, 5.74) is -2.49. The number of ether oxygens (including phenoxy) is 1. The van der Waals surface area contributed by atoms with Crippen molar-refractivity contribution in [2.75, 3.05) is 0 Å². The van der Waals surface area contributed by atoms with Crippen molar-refractivity contribution in [3.8, 4) is 0 Å². The smallest absolute Gasteiger partial charge is 0.408 e. The number of aromatic amines is 1. The molecule has 0 aromatic carbocycles. The van der Waals surface area contributed by atoms with Gasteiger partial charge < -0.3 is 20.3 Å². The van der Waals surface area contributed by atoms with Gasteiger partial charge in [-0.05, 0) is 33.1 Å². The van der Waals surface area contributed by atoms with Crippen molar-refractivity contribution in [1.29, 1.82) is 0 Å². The van der Waals surface area contributed by atoms with E-state index in [0.29, 0.717) is 5.16 Å². The van der Waals surface area contributed by atoms with Gasteiger partial charge in [0.2, 0.25) is 5.16 Å². The number of carbonyl (C=O) groups is 3. The highest BCUT2D eigenvalue weighted by molar-refractivity contribution is 7.99. The third kappa shape index (κ3) is 3.22. The summed E-state index contributed by atoms with van der Waals surface area (Å²) in [5.74, 6) is -4.27. The molecule has 2 aliphatic carbocycles. The Bertz CT molecular complexity index is 733. The average molecular weight is 384 g/mol. The zero-order valence-electron chi connectivity index (χ0n) is 14.4. The Kier molecular flexibility index (Phi) is 4.37. The fraction of sp³-hybridized carbons (Fsp3) is 0.667. The van der Waals surface area contributed by atoms with E-state index in [2.05, 4.69) is 20.5 Å². The topological polar surface area (TPSA) is 154 Å². The molecule has 1 aromatic rings. The van der Waals surface area contributed by atoms with Gasteiger partial charge in [0, 0.05) is 11.2 Å². The standard InChI is InChI=1S/C15H20N4O6S/c1-14(2,3)25-13(24)18-15(11(22)23)4-6(26-12-16-5-17-19-12)7-8(9(7)15)10(20)21/h5-9H,4H2,1-3H3,(H,18,24)(H,20,21)(H,22,23)(H,16,17,19)/t6?,7?,8?,9-,15?/m0/s1. The third-order valence-corrected chi connectivity index (χ3v) is 5.83. The molecule has 0 spiro atoms. The number of thioether (sulfide) groups is 1. The Balaban J connectivity index is 1.85. The van der Waals surface area contributed by atoms with E-state index in [1.807, 2.05) is 0 Å². The molecule has 26 heavy (non-hydrogen) atoms. The first kappa shape index (κ1) is 18.5. The van der Waals surface area contributed by atoms with Crippen LogP contribution in [0.1, 0.15) is 27.2 Å². The minimum absolute atomic E-state index is 0.0693. The van der Waals surface area contributed by atoms with Crippen LogP contribution in [0.5, 0.6) is 0 Å². The summed E-state index contributed by atoms with van der Waals surface area (Å²) in [7, 11) is 0. The maximum absolute atomic E-state index is 12.2. The van der Waals surface area contributed by atoms with E-state index in [1.165, 1.54) is 18.1 Å². The highest BCUT2D eigenvalue weighted by Gasteiger charge is 2.76. The second kappa shape index (κ2) is 6.15. The second-order valence-electron chi connectivity index (χ2n) is 7.51. The van der Waals surface area contributed by atoms with Crippen LogP contribution in [-0.2, 0) is 14.3 Å². The molecule has 10 nitrogen and oxygen atoms in total. The van der Waals surface area contributed by atoms with Gasteiger partial charge >= 0.3 is 18.0 Å². The number of carboxylic acids is 2. The molecule has 4 unspecified atom stereocenters. The quantitative estimate of drug-likeness (QED) is 0.581. The van der Waals surface area contributed by atoms with Crippen molar-refractivity contribution >= 4 is 29.8 Å². The molecule has 0 aliphatic heterocycles. The molecule has 2 fully saturated rings. The molecule has 1 heterocycles. The molecular formula is C15H20N4O6S. The normalized spacial score (nSPS) is 32.6. The van der Waals surface area contributed by atoms with Gasteiger partial charge in [-0.15, -0.1) is 5.10 Å². The van der Waals surface area contributed by atoms with E-state index in [1.54, 1.807) is 20.8 Å². The van der Waals surface area contributed by atoms with Crippen molar-refractivity contribution in [2.45, 2.75) is 48.7 Å². The van der Waals surface area contributed by atoms with Crippen molar-refractivity contribution in [1.82, 2.24) is 20.5 Å². The maximum Gasteiger partial charge on any atom is 0.408 e. The summed E-state index contributed by atoms with van der Waals surface area (Å²) in [6.07, 6.45) is 0.581. The molecule has 0 radical (unpaired) electrons. The predicted octanol–water partition coefficient (Wildman–Crippen LogP) is 0.964. The summed E-state index contributed by atoms with van der Waals surface area (Å²) < 4.78 is 5.18. The van der Waals surface area contributed by atoms with Crippen LogP contribution in [-0.4, -0.2) is 59.8 Å². The van der Waals surface area contributed by atoms with Gasteiger partial charge in [-0.3, -0.25) is 9.89 Å². The lowest BCUT2D eigenvalue weighted by Gasteiger charge is -2.31. The van der Waals surface area contributed by atoms with Crippen LogP contribution >= 0.6 is 11.8 Å². The Morgan fingerprint density at radius 3 is 2.58 bits per heavy atom. The Hall–Kier alpha value is -2.30. The van der Waals surface area contributed by atoms with Crippen molar-refractivity contribution in [3.05, 3.63) is 6.33 Å². The average Bonchev–Trinajstić information content (AvgIpc) is 2.89. The monoisotopic (exact) mass is 384 g/mol. The Morgan fingerprint density at radius 2 is 2.08 bits per heavy atom. The zero-order chi connectivity index (χ0) is 19.3. The maximum atomic E-state index is 12.2. The van der Waals surface area contributed by atoms with Gasteiger partial charge in [-0.2, -0.15) is 0 Å². The van der Waals surface area contributed by atoms with Gasteiger partial charge in [0.05, 0.1) is 5.92 Å². The Morgan fingerprint density at radius 1 is 1.38 bits per heavy atom. The minimum Gasteiger partial charge on any atom is -0.481 e. The largest absolute Gasteiger partial charge is 0.481 e. The van der Waals surface area contributed by atoms with Crippen molar-refractivity contribution < 1.29 is 29.3 Å².